The van der Waals surface area contributed by atoms with Crippen LogP contribution in [0.25, 0.3) is 12.2 Å². The molecule has 0 aromatic heterocycles. The SMILES string of the molecule is C=c1ccc2c(c1)Oc1ccc(C(C)(C)C3=CCCC=C3)cc1C=2c1ccccc1C=O. The Balaban J connectivity index is 1.79. The molecule has 1 heterocycles. The van der Waals surface area contributed by atoms with E-state index in [1.165, 1.54) is 11.1 Å². The van der Waals surface area contributed by atoms with Crippen molar-refractivity contribution in [2.45, 2.75) is 32.1 Å². The number of fused-ring (bicyclic) bond motifs is 2. The van der Waals surface area contributed by atoms with Crippen LogP contribution in [0.15, 0.2) is 84.5 Å². The summed E-state index contributed by atoms with van der Waals surface area (Å²) < 4.78 is 6.32. The van der Waals surface area contributed by atoms with Crippen LogP contribution in [0.1, 0.15) is 53.7 Å². The maximum absolute atomic E-state index is 11.9. The summed E-state index contributed by atoms with van der Waals surface area (Å²) in [7, 11) is 0. The van der Waals surface area contributed by atoms with Gasteiger partial charge in [0.2, 0.25) is 0 Å². The molecule has 1 aliphatic heterocycles. The van der Waals surface area contributed by atoms with Crippen LogP contribution in [0.5, 0.6) is 11.5 Å². The third kappa shape index (κ3) is 3.33. The Bertz CT molecular complexity index is 1400. The predicted molar refractivity (Wildman–Crippen MR) is 131 cm³/mol. The summed E-state index contributed by atoms with van der Waals surface area (Å²) >= 11 is 0. The Labute approximate surface area is 188 Å². The van der Waals surface area contributed by atoms with E-state index in [0.29, 0.717) is 5.56 Å². The molecule has 0 saturated carbocycles. The van der Waals surface area contributed by atoms with Crippen LogP contribution in [0, 0.1) is 0 Å². The number of benzene rings is 3. The quantitative estimate of drug-likeness (QED) is 0.391. The van der Waals surface area contributed by atoms with E-state index in [1.807, 2.05) is 42.5 Å². The number of hydrogen-bond acceptors (Lipinski definition) is 2. The smallest absolute Gasteiger partial charge is 0.150 e. The van der Waals surface area contributed by atoms with E-state index < -0.39 is 0 Å². The summed E-state index contributed by atoms with van der Waals surface area (Å²) in [4.78, 5) is 11.9. The highest BCUT2D eigenvalue weighted by Gasteiger charge is 2.28. The second-order valence-electron chi connectivity index (χ2n) is 8.99. The fraction of sp³-hybridized carbons (Fsp3) is 0.167. The largest absolute Gasteiger partial charge is 0.456 e. The van der Waals surface area contributed by atoms with Gasteiger partial charge in [-0.25, -0.2) is 0 Å². The van der Waals surface area contributed by atoms with Gasteiger partial charge in [0.25, 0.3) is 0 Å². The van der Waals surface area contributed by atoms with E-state index in [2.05, 4.69) is 56.9 Å². The van der Waals surface area contributed by atoms with Crippen molar-refractivity contribution in [1.82, 2.24) is 0 Å². The van der Waals surface area contributed by atoms with Gasteiger partial charge in [-0.05, 0) is 53.0 Å². The molecule has 2 heteroatoms. The summed E-state index contributed by atoms with van der Waals surface area (Å²) in [6, 6.07) is 20.2. The van der Waals surface area contributed by atoms with Crippen molar-refractivity contribution in [2.24, 2.45) is 0 Å². The summed E-state index contributed by atoms with van der Waals surface area (Å²) in [5.41, 5.74) is 6.02. The first-order valence-corrected chi connectivity index (χ1v) is 11.1. The van der Waals surface area contributed by atoms with Crippen molar-refractivity contribution >= 4 is 18.4 Å². The highest BCUT2D eigenvalue weighted by molar-refractivity contribution is 5.93. The molecule has 0 amide bonds. The second-order valence-corrected chi connectivity index (χ2v) is 8.99. The van der Waals surface area contributed by atoms with Gasteiger partial charge < -0.3 is 4.74 Å². The lowest BCUT2D eigenvalue weighted by molar-refractivity contribution is 0.112. The number of carbonyl (C=O) groups excluding carboxylic acids is 1. The Morgan fingerprint density at radius 2 is 1.78 bits per heavy atom. The highest BCUT2D eigenvalue weighted by atomic mass is 16.5. The third-order valence-corrected chi connectivity index (χ3v) is 6.58. The van der Waals surface area contributed by atoms with Crippen molar-refractivity contribution in [3.05, 3.63) is 117 Å². The van der Waals surface area contributed by atoms with E-state index >= 15 is 0 Å². The normalized spacial score (nSPS) is 14.8. The number of aldehydes is 1. The summed E-state index contributed by atoms with van der Waals surface area (Å²) in [6.07, 6.45) is 9.95. The molecule has 5 rings (SSSR count). The number of allylic oxidation sites excluding steroid dienone is 4. The minimum absolute atomic E-state index is 0.140. The summed E-state index contributed by atoms with van der Waals surface area (Å²) in [5, 5.41) is 1.87. The van der Waals surface area contributed by atoms with Gasteiger partial charge in [0.1, 0.15) is 11.5 Å². The van der Waals surface area contributed by atoms with Crippen LogP contribution in [-0.2, 0) is 5.41 Å². The van der Waals surface area contributed by atoms with E-state index in [-0.39, 0.29) is 5.41 Å². The van der Waals surface area contributed by atoms with Gasteiger partial charge in [-0.1, -0.05) is 81.1 Å². The maximum atomic E-state index is 11.9. The number of hydrogen-bond donors (Lipinski definition) is 0. The molecular formula is C30H26O2. The third-order valence-electron chi connectivity index (χ3n) is 6.58. The highest BCUT2D eigenvalue weighted by Crippen LogP contribution is 2.41. The van der Waals surface area contributed by atoms with Crippen LogP contribution in [-0.4, -0.2) is 6.29 Å². The standard InChI is InChI=1S/C30H26O2/c1-20-13-15-25-28(17-20)32-27-16-14-23(30(2,3)22-10-5-4-6-11-22)18-26(27)29(25)24-12-8-7-9-21(24)19-31/h5,7-19H,1,4,6H2,2-3H3. The molecule has 0 radical (unpaired) electrons. The minimum Gasteiger partial charge on any atom is -0.456 e. The molecule has 2 nitrogen and oxygen atoms in total. The van der Waals surface area contributed by atoms with Gasteiger partial charge in [-0.2, -0.15) is 0 Å². The molecule has 0 N–H and O–H groups in total. The molecule has 2 aliphatic rings. The first kappa shape index (κ1) is 20.3. The molecule has 0 unspecified atom stereocenters. The second kappa shape index (κ2) is 7.80. The van der Waals surface area contributed by atoms with Gasteiger partial charge >= 0.3 is 0 Å². The van der Waals surface area contributed by atoms with Crippen molar-refractivity contribution in [1.29, 1.82) is 0 Å². The molecule has 158 valence electrons. The van der Waals surface area contributed by atoms with Gasteiger partial charge in [0, 0.05) is 27.3 Å². The molecule has 3 aromatic carbocycles. The van der Waals surface area contributed by atoms with Crippen molar-refractivity contribution in [3.63, 3.8) is 0 Å². The van der Waals surface area contributed by atoms with Crippen molar-refractivity contribution < 1.29 is 9.53 Å². The number of carbonyl (C=O) groups is 1. The Morgan fingerprint density at radius 1 is 0.938 bits per heavy atom. The van der Waals surface area contributed by atoms with Crippen LogP contribution < -0.4 is 15.2 Å². The Kier molecular flexibility index (Phi) is 4.94. The Hall–Kier alpha value is -3.65. The molecule has 3 aromatic rings. The molecule has 0 spiro atoms. The van der Waals surface area contributed by atoms with Crippen LogP contribution in [0.3, 0.4) is 0 Å². The maximum Gasteiger partial charge on any atom is 0.150 e. The molecule has 0 bridgehead atoms. The lowest BCUT2D eigenvalue weighted by atomic mass is 9.74. The molecule has 32 heavy (non-hydrogen) atoms. The average Bonchev–Trinajstić information content (AvgIpc) is 2.82. The van der Waals surface area contributed by atoms with Gasteiger partial charge in [0.05, 0.1) is 0 Å². The number of ether oxygens (including phenoxy) is 1. The fourth-order valence-electron chi connectivity index (χ4n) is 4.69. The van der Waals surface area contributed by atoms with E-state index in [1.54, 1.807) is 0 Å². The lowest BCUT2D eigenvalue weighted by Crippen LogP contribution is -2.23. The summed E-state index contributed by atoms with van der Waals surface area (Å²) in [6.45, 7) is 8.59. The van der Waals surface area contributed by atoms with Crippen molar-refractivity contribution in [3.8, 4) is 11.5 Å². The first-order valence-electron chi connectivity index (χ1n) is 11.1. The zero-order valence-corrected chi connectivity index (χ0v) is 18.5. The Morgan fingerprint density at radius 3 is 2.56 bits per heavy atom. The number of rotatable bonds is 4. The molecule has 1 aliphatic carbocycles. The van der Waals surface area contributed by atoms with E-state index in [9.17, 15) is 4.79 Å². The summed E-state index contributed by atoms with van der Waals surface area (Å²) in [5.74, 6) is 1.57. The van der Waals surface area contributed by atoms with E-state index in [0.717, 1.165) is 57.8 Å². The monoisotopic (exact) mass is 418 g/mol. The average molecular weight is 419 g/mol. The predicted octanol–water partition coefficient (Wildman–Crippen LogP) is 5.82. The van der Waals surface area contributed by atoms with E-state index in [4.69, 9.17) is 4.74 Å². The van der Waals surface area contributed by atoms with Crippen LogP contribution in [0.2, 0.25) is 0 Å². The van der Waals surface area contributed by atoms with Crippen LogP contribution >= 0.6 is 0 Å². The van der Waals surface area contributed by atoms with Gasteiger partial charge in [-0.3, -0.25) is 4.79 Å². The minimum atomic E-state index is -0.140. The zero-order valence-electron chi connectivity index (χ0n) is 18.5. The molecule has 0 saturated heterocycles. The van der Waals surface area contributed by atoms with Gasteiger partial charge in [-0.15, -0.1) is 0 Å². The fourth-order valence-corrected chi connectivity index (χ4v) is 4.69. The van der Waals surface area contributed by atoms with Crippen LogP contribution in [0.4, 0.5) is 0 Å². The molecular weight excluding hydrogens is 392 g/mol. The molecule has 0 atom stereocenters. The topological polar surface area (TPSA) is 26.3 Å². The lowest BCUT2D eigenvalue weighted by Gasteiger charge is -2.30. The van der Waals surface area contributed by atoms with Gasteiger partial charge in [0.15, 0.2) is 6.29 Å². The molecule has 0 fully saturated rings. The van der Waals surface area contributed by atoms with Crippen molar-refractivity contribution in [2.75, 3.05) is 0 Å². The first-order chi connectivity index (χ1) is 15.5. The zero-order chi connectivity index (χ0) is 22.3.